The van der Waals surface area contributed by atoms with Crippen LogP contribution >= 0.6 is 23.4 Å². The number of aromatic nitrogens is 2. The number of hydrogen-bond acceptors (Lipinski definition) is 7. The highest BCUT2D eigenvalue weighted by Crippen LogP contribution is 2.40. The van der Waals surface area contributed by atoms with Crippen molar-refractivity contribution in [1.82, 2.24) is 10.2 Å². The van der Waals surface area contributed by atoms with Gasteiger partial charge >= 0.3 is 0 Å². The van der Waals surface area contributed by atoms with Gasteiger partial charge in [0.05, 0.1) is 32.8 Å². The van der Waals surface area contributed by atoms with E-state index in [0.717, 1.165) is 5.56 Å². The number of methoxy groups -OCH3 is 3. The Morgan fingerprint density at radius 3 is 2.30 bits per heavy atom. The van der Waals surface area contributed by atoms with Crippen LogP contribution in [0.5, 0.6) is 17.2 Å². The number of anilines is 1. The fourth-order valence-electron chi connectivity index (χ4n) is 2.68. The van der Waals surface area contributed by atoms with Crippen LogP contribution in [-0.2, 0) is 4.79 Å². The fraction of sp³-hybridized carbons (Fsp3) is 0.190. The SMILES string of the molecule is COc1cc(-c2ccc(SCC(=O)Nc3cccc(Cl)c3)nn2)cc(OC)c1OC. The maximum Gasteiger partial charge on any atom is 0.234 e. The number of nitrogens with zero attached hydrogens (tertiary/aromatic N) is 2. The monoisotopic (exact) mass is 445 g/mol. The first-order valence-corrected chi connectivity index (χ1v) is 10.2. The zero-order valence-electron chi connectivity index (χ0n) is 16.6. The summed E-state index contributed by atoms with van der Waals surface area (Å²) in [6, 6.07) is 14.2. The standard InChI is InChI=1S/C21H20ClN3O4S/c1-27-17-9-13(10-18(28-2)21(17)29-3)16-7-8-20(25-24-16)30-12-19(26)23-15-6-4-5-14(22)11-15/h4-11H,12H2,1-3H3,(H,23,26). The predicted octanol–water partition coefficient (Wildman–Crippen LogP) is 4.55. The van der Waals surface area contributed by atoms with E-state index in [1.165, 1.54) is 11.8 Å². The largest absolute Gasteiger partial charge is 0.493 e. The molecule has 0 saturated heterocycles. The summed E-state index contributed by atoms with van der Waals surface area (Å²) in [6.07, 6.45) is 0. The average molecular weight is 446 g/mol. The molecule has 1 amide bonds. The van der Waals surface area contributed by atoms with Crippen molar-refractivity contribution in [2.75, 3.05) is 32.4 Å². The lowest BCUT2D eigenvalue weighted by Crippen LogP contribution is -2.14. The van der Waals surface area contributed by atoms with Crippen LogP contribution in [0.4, 0.5) is 5.69 Å². The van der Waals surface area contributed by atoms with Crippen molar-refractivity contribution < 1.29 is 19.0 Å². The van der Waals surface area contributed by atoms with E-state index in [1.807, 2.05) is 12.1 Å². The number of amides is 1. The van der Waals surface area contributed by atoms with Crippen molar-refractivity contribution in [2.24, 2.45) is 0 Å². The minimum atomic E-state index is -0.155. The minimum absolute atomic E-state index is 0.155. The third-order valence-electron chi connectivity index (χ3n) is 4.06. The van der Waals surface area contributed by atoms with E-state index >= 15 is 0 Å². The van der Waals surface area contributed by atoms with Crippen LogP contribution < -0.4 is 19.5 Å². The molecule has 0 spiro atoms. The second kappa shape index (κ2) is 10.2. The van der Waals surface area contributed by atoms with Crippen molar-refractivity contribution >= 4 is 35.0 Å². The number of carbonyl (C=O) groups is 1. The van der Waals surface area contributed by atoms with Crippen molar-refractivity contribution in [3.8, 4) is 28.5 Å². The Morgan fingerprint density at radius 2 is 1.73 bits per heavy atom. The van der Waals surface area contributed by atoms with Crippen molar-refractivity contribution in [1.29, 1.82) is 0 Å². The minimum Gasteiger partial charge on any atom is -0.493 e. The summed E-state index contributed by atoms with van der Waals surface area (Å²) in [5.74, 6) is 1.62. The Bertz CT molecular complexity index is 1010. The molecular weight excluding hydrogens is 426 g/mol. The summed E-state index contributed by atoms with van der Waals surface area (Å²) in [5, 5.41) is 12.4. The molecule has 1 N–H and O–H groups in total. The Balaban J connectivity index is 1.67. The van der Waals surface area contributed by atoms with Gasteiger partial charge in [0.25, 0.3) is 0 Å². The highest BCUT2D eigenvalue weighted by atomic mass is 35.5. The molecule has 7 nitrogen and oxygen atoms in total. The summed E-state index contributed by atoms with van der Waals surface area (Å²) in [7, 11) is 4.66. The predicted molar refractivity (Wildman–Crippen MR) is 118 cm³/mol. The Kier molecular flexibility index (Phi) is 7.37. The zero-order valence-corrected chi connectivity index (χ0v) is 18.2. The summed E-state index contributed by atoms with van der Waals surface area (Å²) >= 11 is 7.21. The molecule has 3 rings (SSSR count). The quantitative estimate of drug-likeness (QED) is 0.509. The van der Waals surface area contributed by atoms with Crippen LogP contribution in [0.15, 0.2) is 53.6 Å². The number of hydrogen-bond donors (Lipinski definition) is 1. The van der Waals surface area contributed by atoms with E-state index in [2.05, 4.69) is 15.5 Å². The van der Waals surface area contributed by atoms with E-state index < -0.39 is 0 Å². The van der Waals surface area contributed by atoms with E-state index in [-0.39, 0.29) is 11.7 Å². The maximum absolute atomic E-state index is 12.1. The van der Waals surface area contributed by atoms with Crippen molar-refractivity contribution in [3.63, 3.8) is 0 Å². The number of rotatable bonds is 8. The van der Waals surface area contributed by atoms with Gasteiger partial charge in [0.2, 0.25) is 11.7 Å². The van der Waals surface area contributed by atoms with Crippen molar-refractivity contribution in [2.45, 2.75) is 5.03 Å². The van der Waals surface area contributed by atoms with Gasteiger partial charge in [-0.25, -0.2) is 0 Å². The second-order valence-corrected chi connectivity index (χ2v) is 7.45. The van der Waals surface area contributed by atoms with Crippen LogP contribution in [0.3, 0.4) is 0 Å². The maximum atomic E-state index is 12.1. The van der Waals surface area contributed by atoms with Gasteiger partial charge in [-0.2, -0.15) is 0 Å². The highest BCUT2D eigenvalue weighted by molar-refractivity contribution is 7.99. The molecule has 0 radical (unpaired) electrons. The lowest BCUT2D eigenvalue weighted by Gasteiger charge is -2.13. The summed E-state index contributed by atoms with van der Waals surface area (Å²) in [6.45, 7) is 0. The smallest absolute Gasteiger partial charge is 0.234 e. The van der Waals surface area contributed by atoms with Crippen LogP contribution in [0.1, 0.15) is 0 Å². The molecule has 1 aromatic heterocycles. The Labute approximate surface area is 183 Å². The second-order valence-electron chi connectivity index (χ2n) is 6.02. The van der Waals surface area contributed by atoms with Gasteiger partial charge in [-0.3, -0.25) is 4.79 Å². The molecule has 2 aromatic carbocycles. The lowest BCUT2D eigenvalue weighted by molar-refractivity contribution is -0.113. The van der Waals surface area contributed by atoms with E-state index in [0.29, 0.717) is 38.7 Å². The van der Waals surface area contributed by atoms with Crippen molar-refractivity contribution in [3.05, 3.63) is 53.6 Å². The zero-order chi connectivity index (χ0) is 21.5. The molecule has 0 saturated carbocycles. The first-order chi connectivity index (χ1) is 14.5. The van der Waals surface area contributed by atoms with E-state index in [9.17, 15) is 4.79 Å². The molecule has 9 heteroatoms. The van der Waals surface area contributed by atoms with Gasteiger partial charge in [0.15, 0.2) is 11.5 Å². The van der Waals surface area contributed by atoms with Gasteiger partial charge in [0.1, 0.15) is 5.03 Å². The molecule has 0 aliphatic carbocycles. The highest BCUT2D eigenvalue weighted by Gasteiger charge is 2.15. The third-order valence-corrected chi connectivity index (χ3v) is 5.22. The number of nitrogens with one attached hydrogen (secondary N) is 1. The summed E-state index contributed by atoms with van der Waals surface area (Å²) < 4.78 is 16.1. The first-order valence-electron chi connectivity index (χ1n) is 8.86. The molecule has 0 aliphatic rings. The topological polar surface area (TPSA) is 82.6 Å². The lowest BCUT2D eigenvalue weighted by atomic mass is 10.1. The van der Waals surface area contributed by atoms with Gasteiger partial charge in [-0.15, -0.1) is 10.2 Å². The first kappa shape index (κ1) is 21.7. The van der Waals surface area contributed by atoms with E-state index in [4.69, 9.17) is 25.8 Å². The molecule has 156 valence electrons. The number of benzene rings is 2. The van der Waals surface area contributed by atoms with Crippen LogP contribution in [0, 0.1) is 0 Å². The molecule has 0 bridgehead atoms. The third kappa shape index (κ3) is 5.34. The van der Waals surface area contributed by atoms with Gasteiger partial charge in [-0.1, -0.05) is 29.4 Å². The van der Waals surface area contributed by atoms with Crippen LogP contribution in [0.25, 0.3) is 11.3 Å². The average Bonchev–Trinajstić information content (AvgIpc) is 2.77. The molecule has 3 aromatic rings. The molecule has 0 fully saturated rings. The number of carbonyl (C=O) groups excluding carboxylic acids is 1. The summed E-state index contributed by atoms with van der Waals surface area (Å²) in [4.78, 5) is 12.1. The molecule has 0 atom stereocenters. The summed E-state index contributed by atoms with van der Waals surface area (Å²) in [5.41, 5.74) is 2.06. The van der Waals surface area contributed by atoms with Gasteiger partial charge in [0, 0.05) is 16.3 Å². The molecule has 0 unspecified atom stereocenters. The molecule has 30 heavy (non-hydrogen) atoms. The number of halogens is 1. The Morgan fingerprint density at radius 1 is 1.00 bits per heavy atom. The van der Waals surface area contributed by atoms with E-state index in [1.54, 1.807) is 57.7 Å². The van der Waals surface area contributed by atoms with Gasteiger partial charge < -0.3 is 19.5 Å². The molecule has 0 aliphatic heterocycles. The molecule has 1 heterocycles. The number of ether oxygens (including phenoxy) is 3. The van der Waals surface area contributed by atoms with Crippen LogP contribution in [-0.4, -0.2) is 43.2 Å². The fourth-order valence-corrected chi connectivity index (χ4v) is 3.49. The van der Waals surface area contributed by atoms with Gasteiger partial charge in [-0.05, 0) is 42.5 Å². The number of thioether (sulfide) groups is 1. The normalized spacial score (nSPS) is 10.4. The Hall–Kier alpha value is -2.97. The molecular formula is C21H20ClN3O4S. The van der Waals surface area contributed by atoms with Crippen LogP contribution in [0.2, 0.25) is 5.02 Å².